The number of nitrogens with two attached hydrogens (primary N) is 1. The van der Waals surface area contributed by atoms with Crippen molar-refractivity contribution >= 4 is 21.6 Å². The van der Waals surface area contributed by atoms with Crippen LogP contribution in [0, 0.1) is 0 Å². The number of hydrogen-bond acceptors (Lipinski definition) is 5. The fourth-order valence-electron chi connectivity index (χ4n) is 2.49. The Bertz CT molecular complexity index is 531. The van der Waals surface area contributed by atoms with E-state index in [9.17, 15) is 8.42 Å². The molecule has 106 valence electrons. The predicted octanol–water partition coefficient (Wildman–Crippen LogP) is 1.53. The maximum absolute atomic E-state index is 11.2. The molecule has 0 aromatic heterocycles. The summed E-state index contributed by atoms with van der Waals surface area (Å²) in [5, 5.41) is 0. The highest BCUT2D eigenvalue weighted by Crippen LogP contribution is 2.41. The normalized spacial score (nSPS) is 20.2. The number of rotatable bonds is 6. The van der Waals surface area contributed by atoms with E-state index < -0.39 is 9.84 Å². The van der Waals surface area contributed by atoms with E-state index >= 15 is 0 Å². The fourth-order valence-corrected chi connectivity index (χ4v) is 4.51. The second-order valence-electron chi connectivity index (χ2n) is 5.00. The van der Waals surface area contributed by atoms with E-state index in [0.717, 1.165) is 12.2 Å². The predicted molar refractivity (Wildman–Crippen MR) is 80.0 cm³/mol. The van der Waals surface area contributed by atoms with Gasteiger partial charge in [0.2, 0.25) is 0 Å². The van der Waals surface area contributed by atoms with E-state index in [1.165, 1.54) is 16.7 Å². The molecule has 1 aliphatic rings. The Morgan fingerprint density at radius 1 is 1.47 bits per heavy atom. The Balaban J connectivity index is 2.00. The molecule has 2 rings (SSSR count). The van der Waals surface area contributed by atoms with Crippen LogP contribution in [-0.2, 0) is 9.84 Å². The molecule has 0 amide bonds. The summed E-state index contributed by atoms with van der Waals surface area (Å²) in [4.78, 5) is 1.32. The highest BCUT2D eigenvalue weighted by atomic mass is 32.2. The van der Waals surface area contributed by atoms with E-state index in [1.807, 2.05) is 23.9 Å². The third-order valence-electron chi connectivity index (χ3n) is 3.47. The van der Waals surface area contributed by atoms with E-state index in [4.69, 9.17) is 5.84 Å². The quantitative estimate of drug-likeness (QED) is 0.616. The van der Waals surface area contributed by atoms with Crippen LogP contribution in [0.5, 0.6) is 0 Å². The Morgan fingerprint density at radius 3 is 2.89 bits per heavy atom. The monoisotopic (exact) mass is 300 g/mol. The summed E-state index contributed by atoms with van der Waals surface area (Å²) >= 11 is 1.84. The van der Waals surface area contributed by atoms with E-state index in [2.05, 4.69) is 17.6 Å². The molecule has 0 saturated carbocycles. The zero-order valence-electron chi connectivity index (χ0n) is 11.0. The van der Waals surface area contributed by atoms with Gasteiger partial charge in [0.25, 0.3) is 0 Å². The Morgan fingerprint density at radius 2 is 2.21 bits per heavy atom. The van der Waals surface area contributed by atoms with Gasteiger partial charge in [-0.05, 0) is 24.5 Å². The molecule has 0 bridgehead atoms. The van der Waals surface area contributed by atoms with Crippen molar-refractivity contribution in [2.24, 2.45) is 5.84 Å². The van der Waals surface area contributed by atoms with Crippen molar-refractivity contribution in [3.05, 3.63) is 29.8 Å². The van der Waals surface area contributed by atoms with E-state index in [-0.39, 0.29) is 11.8 Å². The van der Waals surface area contributed by atoms with Gasteiger partial charge in [0.15, 0.2) is 0 Å². The molecule has 0 spiro atoms. The molecular formula is C13H20N2O2S2. The molecule has 0 radical (unpaired) electrons. The van der Waals surface area contributed by atoms with Gasteiger partial charge in [0.1, 0.15) is 9.84 Å². The molecule has 1 aliphatic heterocycles. The Kier molecular flexibility index (Phi) is 4.89. The molecule has 0 aliphatic carbocycles. The van der Waals surface area contributed by atoms with Gasteiger partial charge in [0, 0.05) is 34.6 Å². The third-order valence-corrected chi connectivity index (χ3v) is 5.71. The highest BCUT2D eigenvalue weighted by molar-refractivity contribution is 7.99. The fraction of sp³-hybridized carbons (Fsp3) is 0.538. The van der Waals surface area contributed by atoms with E-state index in [0.29, 0.717) is 12.3 Å². The number of sulfone groups is 1. The largest absolute Gasteiger partial charge is 0.271 e. The average Bonchev–Trinajstić information content (AvgIpc) is 2.77. The molecule has 0 fully saturated rings. The highest BCUT2D eigenvalue weighted by Gasteiger charge is 2.29. The standard InChI is InChI=1S/C13H20N2O2S2/c1-19(16,17)8-4-6-12(15-14)11-9-18-13-7-3-2-5-10(11)13/h2-3,5,7,11-12,15H,4,6,8-9,14H2,1H3. The summed E-state index contributed by atoms with van der Waals surface area (Å²) in [7, 11) is -2.89. The summed E-state index contributed by atoms with van der Waals surface area (Å²) in [6.45, 7) is 0. The Labute approximate surface area is 119 Å². The summed E-state index contributed by atoms with van der Waals surface area (Å²) in [5.41, 5.74) is 4.19. The second-order valence-corrected chi connectivity index (χ2v) is 8.32. The molecule has 1 aromatic rings. The summed E-state index contributed by atoms with van der Waals surface area (Å²) in [5.74, 6) is 7.25. The lowest BCUT2D eigenvalue weighted by atomic mass is 9.91. The number of hydrazine groups is 1. The van der Waals surface area contributed by atoms with Gasteiger partial charge in [-0.2, -0.15) is 0 Å². The first kappa shape index (κ1) is 14.8. The zero-order valence-corrected chi connectivity index (χ0v) is 12.6. The third kappa shape index (κ3) is 3.95. The van der Waals surface area contributed by atoms with Gasteiger partial charge in [-0.3, -0.25) is 11.3 Å². The number of benzene rings is 1. The van der Waals surface area contributed by atoms with Crippen molar-refractivity contribution in [3.8, 4) is 0 Å². The van der Waals surface area contributed by atoms with Crippen LogP contribution >= 0.6 is 11.8 Å². The second kappa shape index (κ2) is 6.26. The molecule has 4 nitrogen and oxygen atoms in total. The molecule has 1 heterocycles. The molecule has 3 N–H and O–H groups in total. The van der Waals surface area contributed by atoms with Gasteiger partial charge in [-0.15, -0.1) is 11.8 Å². The first-order valence-corrected chi connectivity index (χ1v) is 9.41. The lowest BCUT2D eigenvalue weighted by molar-refractivity contribution is 0.433. The molecule has 0 saturated heterocycles. The van der Waals surface area contributed by atoms with Crippen molar-refractivity contribution in [1.29, 1.82) is 0 Å². The van der Waals surface area contributed by atoms with Crippen LogP contribution in [-0.4, -0.2) is 32.2 Å². The topological polar surface area (TPSA) is 72.2 Å². The minimum atomic E-state index is -2.89. The van der Waals surface area contributed by atoms with Gasteiger partial charge in [0.05, 0.1) is 0 Å². The van der Waals surface area contributed by atoms with Gasteiger partial charge >= 0.3 is 0 Å². The lowest BCUT2D eigenvalue weighted by Gasteiger charge is -2.23. The van der Waals surface area contributed by atoms with Crippen molar-refractivity contribution in [1.82, 2.24) is 5.43 Å². The van der Waals surface area contributed by atoms with Crippen LogP contribution in [0.1, 0.15) is 24.3 Å². The minimum absolute atomic E-state index is 0.137. The van der Waals surface area contributed by atoms with E-state index in [1.54, 1.807) is 0 Å². The maximum Gasteiger partial charge on any atom is 0.147 e. The van der Waals surface area contributed by atoms with Crippen molar-refractivity contribution < 1.29 is 8.42 Å². The van der Waals surface area contributed by atoms with Crippen LogP contribution in [0.4, 0.5) is 0 Å². The number of nitrogens with one attached hydrogen (secondary N) is 1. The SMILES string of the molecule is CS(=O)(=O)CCCC(NN)C1CSc2ccccc21. The van der Waals surface area contributed by atoms with Gasteiger partial charge in [-0.1, -0.05) is 18.2 Å². The van der Waals surface area contributed by atoms with Crippen LogP contribution in [0.2, 0.25) is 0 Å². The molecule has 2 atom stereocenters. The molecule has 19 heavy (non-hydrogen) atoms. The van der Waals surface area contributed by atoms with Crippen LogP contribution in [0.3, 0.4) is 0 Å². The maximum atomic E-state index is 11.2. The number of hydrogen-bond donors (Lipinski definition) is 2. The molecular weight excluding hydrogens is 280 g/mol. The van der Waals surface area contributed by atoms with Crippen LogP contribution in [0.25, 0.3) is 0 Å². The van der Waals surface area contributed by atoms with Crippen molar-refractivity contribution in [2.45, 2.75) is 29.7 Å². The first-order valence-electron chi connectivity index (χ1n) is 6.37. The minimum Gasteiger partial charge on any atom is -0.271 e. The molecule has 1 aromatic carbocycles. The first-order chi connectivity index (χ1) is 9.01. The summed E-state index contributed by atoms with van der Waals surface area (Å²) in [6.07, 6.45) is 2.71. The summed E-state index contributed by atoms with van der Waals surface area (Å²) in [6, 6.07) is 8.49. The van der Waals surface area contributed by atoms with Gasteiger partial charge in [-0.25, -0.2) is 8.42 Å². The van der Waals surface area contributed by atoms with Crippen molar-refractivity contribution in [2.75, 3.05) is 17.8 Å². The molecule has 2 unspecified atom stereocenters. The van der Waals surface area contributed by atoms with Gasteiger partial charge < -0.3 is 0 Å². The average molecular weight is 300 g/mol. The smallest absolute Gasteiger partial charge is 0.147 e. The molecule has 6 heteroatoms. The number of thioether (sulfide) groups is 1. The summed E-state index contributed by atoms with van der Waals surface area (Å²) < 4.78 is 22.3. The lowest BCUT2D eigenvalue weighted by Crippen LogP contribution is -2.40. The van der Waals surface area contributed by atoms with Crippen LogP contribution in [0.15, 0.2) is 29.2 Å². The van der Waals surface area contributed by atoms with Crippen LogP contribution < -0.4 is 11.3 Å². The zero-order chi connectivity index (χ0) is 13.9. The number of fused-ring (bicyclic) bond motifs is 1. The van der Waals surface area contributed by atoms with Crippen molar-refractivity contribution in [3.63, 3.8) is 0 Å². The Hall–Kier alpha value is -0.560.